The van der Waals surface area contributed by atoms with Gasteiger partial charge >= 0.3 is 5.97 Å². The summed E-state index contributed by atoms with van der Waals surface area (Å²) >= 11 is 0. The Morgan fingerprint density at radius 3 is 2.90 bits per heavy atom. The van der Waals surface area contributed by atoms with Crippen LogP contribution in [-0.4, -0.2) is 21.0 Å². The highest BCUT2D eigenvalue weighted by Crippen LogP contribution is 2.30. The van der Waals surface area contributed by atoms with E-state index in [1.54, 1.807) is 24.5 Å². The number of hydrogen-bond acceptors (Lipinski definition) is 3. The van der Waals surface area contributed by atoms with Crippen molar-refractivity contribution in [2.24, 2.45) is 0 Å². The number of nitrogens with zero attached hydrogens (tertiary/aromatic N) is 1. The Morgan fingerprint density at radius 1 is 1.19 bits per heavy atom. The Balaban J connectivity index is 1.92. The summed E-state index contributed by atoms with van der Waals surface area (Å²) < 4.78 is 5.51. The fraction of sp³-hybridized carbons (Fsp3) is 0. The molecule has 5 heteroatoms. The summed E-state index contributed by atoms with van der Waals surface area (Å²) in [4.78, 5) is 18.7. The number of aromatic nitrogens is 2. The third-order valence-corrected chi connectivity index (χ3v) is 3.46. The Labute approximate surface area is 118 Å². The van der Waals surface area contributed by atoms with Crippen LogP contribution in [0, 0.1) is 0 Å². The van der Waals surface area contributed by atoms with E-state index >= 15 is 0 Å². The number of H-pyrrole nitrogens is 1. The van der Waals surface area contributed by atoms with Crippen LogP contribution >= 0.6 is 0 Å². The summed E-state index contributed by atoms with van der Waals surface area (Å²) in [6, 6.07) is 12.5. The highest BCUT2D eigenvalue weighted by atomic mass is 16.4. The summed E-state index contributed by atoms with van der Waals surface area (Å²) in [5.74, 6) is -0.292. The third-order valence-electron chi connectivity index (χ3n) is 3.46. The maximum atomic E-state index is 11.0. The number of hydrogen-bond donors (Lipinski definition) is 2. The molecular weight excluding hydrogens is 268 g/mol. The smallest absolute Gasteiger partial charge is 0.335 e. The molecule has 2 aromatic carbocycles. The predicted octanol–water partition coefficient (Wildman–Crippen LogP) is 3.67. The molecule has 0 aliphatic carbocycles. The van der Waals surface area contributed by atoms with Gasteiger partial charge in [-0.3, -0.25) is 0 Å². The largest absolute Gasteiger partial charge is 0.478 e. The van der Waals surface area contributed by atoms with Crippen molar-refractivity contribution in [1.82, 2.24) is 9.97 Å². The maximum Gasteiger partial charge on any atom is 0.335 e. The number of nitrogens with one attached hydrogen (secondary N) is 1. The Hall–Kier alpha value is -3.08. The average molecular weight is 278 g/mol. The number of benzene rings is 2. The highest BCUT2D eigenvalue weighted by molar-refractivity contribution is 5.96. The van der Waals surface area contributed by atoms with Crippen LogP contribution in [0.5, 0.6) is 0 Å². The molecule has 0 radical (unpaired) electrons. The number of aromatic amines is 1. The van der Waals surface area contributed by atoms with Crippen LogP contribution in [0.3, 0.4) is 0 Å². The zero-order chi connectivity index (χ0) is 14.4. The van der Waals surface area contributed by atoms with Crippen LogP contribution < -0.4 is 0 Å². The number of aromatic carboxylic acids is 1. The number of fused-ring (bicyclic) bond motifs is 2. The average Bonchev–Trinajstić information content (AvgIpc) is 3.09. The number of rotatable bonds is 2. The number of imidazole rings is 1. The van der Waals surface area contributed by atoms with Crippen molar-refractivity contribution in [3.8, 4) is 11.4 Å². The zero-order valence-electron chi connectivity index (χ0n) is 10.8. The number of furan rings is 1. The van der Waals surface area contributed by atoms with E-state index < -0.39 is 5.97 Å². The molecular formula is C16H10N2O3. The molecule has 2 heterocycles. The van der Waals surface area contributed by atoms with E-state index in [2.05, 4.69) is 9.97 Å². The molecule has 0 aliphatic rings. The first-order valence-corrected chi connectivity index (χ1v) is 6.42. The van der Waals surface area contributed by atoms with Crippen molar-refractivity contribution in [3.63, 3.8) is 0 Å². The lowest BCUT2D eigenvalue weighted by atomic mass is 10.2. The summed E-state index contributed by atoms with van der Waals surface area (Å²) in [7, 11) is 0. The van der Waals surface area contributed by atoms with Crippen molar-refractivity contribution in [2.75, 3.05) is 0 Å². The van der Waals surface area contributed by atoms with Crippen molar-refractivity contribution >= 4 is 28.0 Å². The van der Waals surface area contributed by atoms with Gasteiger partial charge in [-0.15, -0.1) is 0 Å². The lowest BCUT2D eigenvalue weighted by Gasteiger charge is -1.92. The minimum atomic E-state index is -0.957. The molecule has 0 bridgehead atoms. The molecule has 2 aromatic heterocycles. The van der Waals surface area contributed by atoms with Crippen molar-refractivity contribution < 1.29 is 14.3 Å². The van der Waals surface area contributed by atoms with Crippen molar-refractivity contribution in [2.45, 2.75) is 0 Å². The number of carboxylic acid groups (broad SMARTS) is 1. The standard InChI is InChI=1S/C16H10N2O3/c19-16(20)9-5-6-12-13(7-9)18-15(17-12)11-8-21-14-4-2-1-3-10(11)14/h1-8H,(H,17,18)(H,19,20). The van der Waals surface area contributed by atoms with Gasteiger partial charge < -0.3 is 14.5 Å². The molecule has 0 atom stereocenters. The van der Waals surface area contributed by atoms with Gasteiger partial charge in [0.05, 0.1) is 22.2 Å². The quantitative estimate of drug-likeness (QED) is 0.586. The highest BCUT2D eigenvalue weighted by Gasteiger charge is 2.13. The van der Waals surface area contributed by atoms with Crippen molar-refractivity contribution in [1.29, 1.82) is 0 Å². The van der Waals surface area contributed by atoms with Gasteiger partial charge in [-0.25, -0.2) is 9.78 Å². The van der Waals surface area contributed by atoms with Crippen LogP contribution in [0.4, 0.5) is 0 Å². The van der Waals surface area contributed by atoms with Gasteiger partial charge in [0.1, 0.15) is 17.7 Å². The van der Waals surface area contributed by atoms with Gasteiger partial charge in [0.2, 0.25) is 0 Å². The molecule has 0 aliphatic heterocycles. The van der Waals surface area contributed by atoms with E-state index in [1.807, 2.05) is 24.3 Å². The zero-order valence-corrected chi connectivity index (χ0v) is 10.8. The molecule has 4 rings (SSSR count). The van der Waals surface area contributed by atoms with Gasteiger partial charge in [0.15, 0.2) is 0 Å². The number of carboxylic acids is 1. The van der Waals surface area contributed by atoms with Gasteiger partial charge in [-0.05, 0) is 24.3 Å². The van der Waals surface area contributed by atoms with Crippen LogP contribution in [0.15, 0.2) is 53.1 Å². The first-order valence-electron chi connectivity index (χ1n) is 6.42. The second-order valence-corrected chi connectivity index (χ2v) is 4.77. The molecule has 0 saturated carbocycles. The van der Waals surface area contributed by atoms with Crippen LogP contribution in [0.2, 0.25) is 0 Å². The summed E-state index contributed by atoms with van der Waals surface area (Å²) in [5, 5.41) is 9.99. The first kappa shape index (κ1) is 11.7. The summed E-state index contributed by atoms with van der Waals surface area (Å²) in [6.45, 7) is 0. The second-order valence-electron chi connectivity index (χ2n) is 4.77. The molecule has 0 amide bonds. The predicted molar refractivity (Wildman–Crippen MR) is 78.3 cm³/mol. The normalized spacial score (nSPS) is 11.2. The Bertz CT molecular complexity index is 981. The molecule has 0 saturated heterocycles. The molecule has 102 valence electrons. The van der Waals surface area contributed by atoms with Gasteiger partial charge in [0.25, 0.3) is 0 Å². The Kier molecular flexibility index (Phi) is 2.35. The fourth-order valence-electron chi connectivity index (χ4n) is 2.43. The minimum absolute atomic E-state index is 0.231. The van der Waals surface area contributed by atoms with Gasteiger partial charge in [-0.1, -0.05) is 18.2 Å². The van der Waals surface area contributed by atoms with E-state index in [4.69, 9.17) is 9.52 Å². The summed E-state index contributed by atoms with van der Waals surface area (Å²) in [6.07, 6.45) is 1.65. The molecule has 21 heavy (non-hydrogen) atoms. The van der Waals surface area contributed by atoms with E-state index in [-0.39, 0.29) is 5.56 Å². The molecule has 5 nitrogen and oxygen atoms in total. The molecule has 4 aromatic rings. The van der Waals surface area contributed by atoms with Crippen LogP contribution in [-0.2, 0) is 0 Å². The van der Waals surface area contributed by atoms with E-state index in [0.717, 1.165) is 22.0 Å². The van der Waals surface area contributed by atoms with E-state index in [9.17, 15) is 4.79 Å². The topological polar surface area (TPSA) is 79.1 Å². The van der Waals surface area contributed by atoms with Crippen molar-refractivity contribution in [3.05, 3.63) is 54.3 Å². The lowest BCUT2D eigenvalue weighted by Crippen LogP contribution is -1.94. The van der Waals surface area contributed by atoms with E-state index in [0.29, 0.717) is 11.3 Å². The minimum Gasteiger partial charge on any atom is -0.478 e. The number of carbonyl (C=O) groups is 1. The molecule has 0 spiro atoms. The molecule has 0 unspecified atom stereocenters. The molecule has 0 fully saturated rings. The SMILES string of the molecule is O=C(O)c1ccc2nc(-c3coc4ccccc34)[nH]c2c1. The van der Waals surface area contributed by atoms with E-state index in [1.165, 1.54) is 0 Å². The van der Waals surface area contributed by atoms with Crippen LogP contribution in [0.1, 0.15) is 10.4 Å². The lowest BCUT2D eigenvalue weighted by molar-refractivity contribution is 0.0697. The van der Waals surface area contributed by atoms with Crippen LogP contribution in [0.25, 0.3) is 33.4 Å². The second kappa shape index (κ2) is 4.21. The van der Waals surface area contributed by atoms with Gasteiger partial charge in [-0.2, -0.15) is 0 Å². The van der Waals surface area contributed by atoms with Gasteiger partial charge in [0, 0.05) is 5.39 Å². The Morgan fingerprint density at radius 2 is 2.05 bits per heavy atom. The third kappa shape index (κ3) is 1.79. The monoisotopic (exact) mass is 278 g/mol. The fourth-order valence-corrected chi connectivity index (χ4v) is 2.43. The summed E-state index contributed by atoms with van der Waals surface area (Å²) in [5.41, 5.74) is 3.29. The maximum absolute atomic E-state index is 11.0. The first-order chi connectivity index (χ1) is 10.2. The number of para-hydroxylation sites is 1. The molecule has 2 N–H and O–H groups in total.